The van der Waals surface area contributed by atoms with Gasteiger partial charge in [0.2, 0.25) is 5.91 Å². The molecule has 0 aromatic carbocycles. The first-order valence-corrected chi connectivity index (χ1v) is 6.51. The number of rotatable bonds is 2. The van der Waals surface area contributed by atoms with E-state index in [0.29, 0.717) is 5.82 Å². The molecular weight excluding hydrogens is 297 g/mol. The fourth-order valence-corrected chi connectivity index (χ4v) is 2.54. The zero-order valence-electron chi connectivity index (χ0n) is 11.9. The van der Waals surface area contributed by atoms with Crippen LogP contribution >= 0.6 is 24.8 Å². The smallest absolute Gasteiger partial charge is 0.230 e. The molecule has 0 bridgehead atoms. The molecule has 1 fully saturated rings. The van der Waals surface area contributed by atoms with Crippen LogP contribution in [0.4, 0.5) is 5.82 Å². The Bertz CT molecular complexity index is 435. The SMILES string of the molecule is Cc1ccc(NC(=O)C2CCCCC2(C)N)nc1.Cl.Cl. The predicted octanol–water partition coefficient (Wildman–Crippen LogP) is 3.08. The minimum absolute atomic E-state index is 0. The van der Waals surface area contributed by atoms with Crippen molar-refractivity contribution < 1.29 is 4.79 Å². The maximum atomic E-state index is 12.2. The fraction of sp³-hybridized carbons (Fsp3) is 0.571. The Morgan fingerprint density at radius 3 is 2.65 bits per heavy atom. The molecule has 0 spiro atoms. The van der Waals surface area contributed by atoms with E-state index in [-0.39, 0.29) is 36.6 Å². The molecule has 1 saturated carbocycles. The molecule has 1 aromatic rings. The van der Waals surface area contributed by atoms with Gasteiger partial charge < -0.3 is 11.1 Å². The highest BCUT2D eigenvalue weighted by atomic mass is 35.5. The van der Waals surface area contributed by atoms with Crippen LogP contribution in [0.25, 0.3) is 0 Å². The molecule has 2 rings (SSSR count). The van der Waals surface area contributed by atoms with Gasteiger partial charge in [-0.2, -0.15) is 0 Å². The molecule has 3 N–H and O–H groups in total. The van der Waals surface area contributed by atoms with Crippen LogP contribution in [0.5, 0.6) is 0 Å². The molecule has 0 radical (unpaired) electrons. The summed E-state index contributed by atoms with van der Waals surface area (Å²) in [6.07, 6.45) is 5.71. The van der Waals surface area contributed by atoms with E-state index in [1.54, 1.807) is 6.20 Å². The number of hydrogen-bond acceptors (Lipinski definition) is 3. The molecule has 114 valence electrons. The second-order valence-corrected chi connectivity index (χ2v) is 5.51. The van der Waals surface area contributed by atoms with Crippen LogP contribution in [0.1, 0.15) is 38.2 Å². The molecule has 1 aliphatic rings. The van der Waals surface area contributed by atoms with Gasteiger partial charge in [0, 0.05) is 11.7 Å². The first-order chi connectivity index (χ1) is 8.49. The summed E-state index contributed by atoms with van der Waals surface area (Å²) in [6.45, 7) is 3.94. The summed E-state index contributed by atoms with van der Waals surface area (Å²) in [4.78, 5) is 16.4. The molecule has 1 aromatic heterocycles. The van der Waals surface area contributed by atoms with Crippen molar-refractivity contribution in [1.82, 2.24) is 4.98 Å². The van der Waals surface area contributed by atoms with Gasteiger partial charge in [-0.05, 0) is 38.3 Å². The van der Waals surface area contributed by atoms with Crippen molar-refractivity contribution in [2.45, 2.75) is 45.1 Å². The molecule has 1 heterocycles. The second kappa shape index (κ2) is 7.81. The van der Waals surface area contributed by atoms with Crippen LogP contribution in [-0.2, 0) is 4.79 Å². The number of halogens is 2. The van der Waals surface area contributed by atoms with E-state index in [2.05, 4.69) is 10.3 Å². The van der Waals surface area contributed by atoms with Gasteiger partial charge in [0.15, 0.2) is 0 Å². The van der Waals surface area contributed by atoms with Crippen LogP contribution in [0, 0.1) is 12.8 Å². The lowest BCUT2D eigenvalue weighted by Gasteiger charge is -2.37. The molecular formula is C14H23Cl2N3O. The van der Waals surface area contributed by atoms with Gasteiger partial charge in [-0.15, -0.1) is 24.8 Å². The summed E-state index contributed by atoms with van der Waals surface area (Å²) in [5.41, 5.74) is 6.90. The number of nitrogens with one attached hydrogen (secondary N) is 1. The van der Waals surface area contributed by atoms with Crippen molar-refractivity contribution >= 4 is 36.5 Å². The zero-order chi connectivity index (χ0) is 13.2. The van der Waals surface area contributed by atoms with Gasteiger partial charge in [0.25, 0.3) is 0 Å². The van der Waals surface area contributed by atoms with Crippen molar-refractivity contribution in [2.75, 3.05) is 5.32 Å². The number of pyridine rings is 1. The van der Waals surface area contributed by atoms with Crippen molar-refractivity contribution in [3.05, 3.63) is 23.9 Å². The zero-order valence-corrected chi connectivity index (χ0v) is 13.5. The Kier molecular flexibility index (Phi) is 7.49. The lowest BCUT2D eigenvalue weighted by Crippen LogP contribution is -2.51. The Hall–Kier alpha value is -0.840. The second-order valence-electron chi connectivity index (χ2n) is 5.51. The third kappa shape index (κ3) is 4.62. The average molecular weight is 320 g/mol. The molecule has 1 amide bonds. The maximum Gasteiger partial charge on any atom is 0.230 e. The highest BCUT2D eigenvalue weighted by molar-refractivity contribution is 5.92. The summed E-state index contributed by atoms with van der Waals surface area (Å²) in [6, 6.07) is 3.76. The molecule has 2 unspecified atom stereocenters. The summed E-state index contributed by atoms with van der Waals surface area (Å²) < 4.78 is 0. The highest BCUT2D eigenvalue weighted by Gasteiger charge is 2.37. The Morgan fingerprint density at radius 1 is 1.40 bits per heavy atom. The topological polar surface area (TPSA) is 68.0 Å². The fourth-order valence-electron chi connectivity index (χ4n) is 2.54. The molecule has 20 heavy (non-hydrogen) atoms. The van der Waals surface area contributed by atoms with Crippen LogP contribution in [-0.4, -0.2) is 16.4 Å². The van der Waals surface area contributed by atoms with Crippen LogP contribution in [0.2, 0.25) is 0 Å². The third-order valence-corrected chi connectivity index (χ3v) is 3.73. The first kappa shape index (κ1) is 19.2. The minimum Gasteiger partial charge on any atom is -0.325 e. The van der Waals surface area contributed by atoms with E-state index in [1.165, 1.54) is 0 Å². The highest BCUT2D eigenvalue weighted by Crippen LogP contribution is 2.32. The number of amides is 1. The van der Waals surface area contributed by atoms with Gasteiger partial charge in [-0.25, -0.2) is 4.98 Å². The van der Waals surface area contributed by atoms with Crippen molar-refractivity contribution in [2.24, 2.45) is 11.7 Å². The van der Waals surface area contributed by atoms with Crippen LogP contribution < -0.4 is 11.1 Å². The number of hydrogen-bond donors (Lipinski definition) is 2. The lowest BCUT2D eigenvalue weighted by atomic mass is 9.74. The minimum atomic E-state index is -0.396. The third-order valence-electron chi connectivity index (χ3n) is 3.73. The molecule has 0 aliphatic heterocycles. The van der Waals surface area contributed by atoms with E-state index in [1.807, 2.05) is 26.0 Å². The van der Waals surface area contributed by atoms with Gasteiger partial charge in [-0.3, -0.25) is 4.79 Å². The number of carbonyl (C=O) groups excluding carboxylic acids is 1. The average Bonchev–Trinajstić information content (AvgIpc) is 2.31. The summed E-state index contributed by atoms with van der Waals surface area (Å²) in [7, 11) is 0. The first-order valence-electron chi connectivity index (χ1n) is 6.51. The van der Waals surface area contributed by atoms with E-state index in [4.69, 9.17) is 5.73 Å². The summed E-state index contributed by atoms with van der Waals surface area (Å²) in [5, 5.41) is 2.86. The Morgan fingerprint density at radius 2 is 2.10 bits per heavy atom. The Labute approximate surface area is 132 Å². The largest absolute Gasteiger partial charge is 0.325 e. The number of nitrogens with two attached hydrogens (primary N) is 1. The molecule has 4 nitrogen and oxygen atoms in total. The monoisotopic (exact) mass is 319 g/mol. The van der Waals surface area contributed by atoms with Crippen molar-refractivity contribution in [1.29, 1.82) is 0 Å². The van der Waals surface area contributed by atoms with E-state index in [0.717, 1.165) is 31.2 Å². The van der Waals surface area contributed by atoms with Crippen molar-refractivity contribution in [3.63, 3.8) is 0 Å². The van der Waals surface area contributed by atoms with Gasteiger partial charge in [-0.1, -0.05) is 18.9 Å². The molecule has 2 atom stereocenters. The quantitative estimate of drug-likeness (QED) is 0.880. The van der Waals surface area contributed by atoms with Crippen LogP contribution in [0.3, 0.4) is 0 Å². The summed E-state index contributed by atoms with van der Waals surface area (Å²) in [5.74, 6) is 0.484. The van der Waals surface area contributed by atoms with Crippen molar-refractivity contribution in [3.8, 4) is 0 Å². The standard InChI is InChI=1S/C14H21N3O.2ClH/c1-10-6-7-12(16-9-10)17-13(18)11-5-3-4-8-14(11,2)15;;/h6-7,9,11H,3-5,8,15H2,1-2H3,(H,16,17,18);2*1H. The van der Waals surface area contributed by atoms with E-state index >= 15 is 0 Å². The maximum absolute atomic E-state index is 12.2. The molecule has 1 aliphatic carbocycles. The van der Waals surface area contributed by atoms with E-state index in [9.17, 15) is 4.79 Å². The number of nitrogens with zero attached hydrogens (tertiary/aromatic N) is 1. The predicted molar refractivity (Wildman–Crippen MR) is 86.7 cm³/mol. The van der Waals surface area contributed by atoms with Gasteiger partial charge in [0.05, 0.1) is 5.92 Å². The number of carbonyl (C=O) groups is 1. The molecule has 6 heteroatoms. The van der Waals surface area contributed by atoms with Gasteiger partial charge >= 0.3 is 0 Å². The summed E-state index contributed by atoms with van der Waals surface area (Å²) >= 11 is 0. The number of anilines is 1. The lowest BCUT2D eigenvalue weighted by molar-refractivity contribution is -0.122. The van der Waals surface area contributed by atoms with E-state index < -0.39 is 5.54 Å². The van der Waals surface area contributed by atoms with Gasteiger partial charge in [0.1, 0.15) is 5.82 Å². The molecule has 0 saturated heterocycles. The number of aryl methyl sites for hydroxylation is 1. The Balaban J connectivity index is 0.00000180. The van der Waals surface area contributed by atoms with Crippen LogP contribution in [0.15, 0.2) is 18.3 Å². The number of aromatic nitrogens is 1. The normalized spacial score (nSPS) is 25.1.